The second-order valence-corrected chi connectivity index (χ2v) is 8.79. The summed E-state index contributed by atoms with van der Waals surface area (Å²) >= 11 is 0. The van der Waals surface area contributed by atoms with Crippen molar-refractivity contribution < 1.29 is 18.3 Å². The van der Waals surface area contributed by atoms with Gasteiger partial charge in [-0.3, -0.25) is 4.79 Å². The summed E-state index contributed by atoms with van der Waals surface area (Å²) in [5.74, 6) is -0.689. The first-order valence-electron chi connectivity index (χ1n) is 9.53. The smallest absolute Gasteiger partial charge is 0.244 e. The standard InChI is InChI=1S/C22H20N4O4S/c1-14-6-9-16(10-7-14)31(29,30)26-21(13-27)22(28)23-15-8-11-19-20(12-15)25-18-5-3-2-4-17(18)24-19/h2-12,21,26-27H,13H2,1H3,(H,23,28). The molecule has 0 aliphatic carbocycles. The molecule has 31 heavy (non-hydrogen) atoms. The maximum absolute atomic E-state index is 12.6. The van der Waals surface area contributed by atoms with Crippen LogP contribution in [0.1, 0.15) is 5.56 Å². The van der Waals surface area contributed by atoms with Gasteiger partial charge in [0.1, 0.15) is 6.04 Å². The second kappa shape index (κ2) is 8.38. The van der Waals surface area contributed by atoms with Crippen LogP contribution in [-0.4, -0.2) is 42.0 Å². The van der Waals surface area contributed by atoms with Gasteiger partial charge in [0, 0.05) is 5.69 Å². The molecule has 0 saturated heterocycles. The number of aliphatic hydroxyl groups is 1. The minimum atomic E-state index is -3.98. The van der Waals surface area contributed by atoms with Gasteiger partial charge in [0.15, 0.2) is 0 Å². The third-order valence-electron chi connectivity index (χ3n) is 4.73. The van der Waals surface area contributed by atoms with Crippen LogP contribution >= 0.6 is 0 Å². The van der Waals surface area contributed by atoms with Gasteiger partial charge in [-0.05, 0) is 49.4 Å². The number of para-hydroxylation sites is 2. The monoisotopic (exact) mass is 436 g/mol. The molecule has 158 valence electrons. The highest BCUT2D eigenvalue weighted by molar-refractivity contribution is 7.89. The van der Waals surface area contributed by atoms with Gasteiger partial charge in [0.05, 0.1) is 33.6 Å². The zero-order valence-corrected chi connectivity index (χ0v) is 17.4. The third kappa shape index (κ3) is 4.53. The first kappa shape index (κ1) is 20.9. The van der Waals surface area contributed by atoms with Crippen LogP contribution < -0.4 is 10.0 Å². The van der Waals surface area contributed by atoms with Crippen molar-refractivity contribution in [3.05, 3.63) is 72.3 Å². The summed E-state index contributed by atoms with van der Waals surface area (Å²) in [5, 5.41) is 12.2. The predicted octanol–water partition coefficient (Wildman–Crippen LogP) is 2.37. The van der Waals surface area contributed by atoms with Gasteiger partial charge < -0.3 is 10.4 Å². The van der Waals surface area contributed by atoms with Crippen LogP contribution in [0.3, 0.4) is 0 Å². The number of nitrogens with zero attached hydrogens (tertiary/aromatic N) is 2. The number of benzene rings is 3. The van der Waals surface area contributed by atoms with Crippen molar-refractivity contribution in [1.82, 2.24) is 14.7 Å². The number of rotatable bonds is 6. The lowest BCUT2D eigenvalue weighted by Crippen LogP contribution is -2.46. The molecule has 4 aromatic rings. The number of fused-ring (bicyclic) bond motifs is 2. The van der Waals surface area contributed by atoms with E-state index in [9.17, 15) is 18.3 Å². The van der Waals surface area contributed by atoms with E-state index in [0.29, 0.717) is 16.7 Å². The van der Waals surface area contributed by atoms with Crippen molar-refractivity contribution in [3.63, 3.8) is 0 Å². The highest BCUT2D eigenvalue weighted by atomic mass is 32.2. The SMILES string of the molecule is Cc1ccc(S(=O)(=O)NC(CO)C(=O)Nc2ccc3nc4ccccc4nc3c2)cc1. The summed E-state index contributed by atoms with van der Waals surface area (Å²) in [6.45, 7) is 1.14. The fourth-order valence-corrected chi connectivity index (χ4v) is 4.26. The van der Waals surface area contributed by atoms with Gasteiger partial charge in [-0.15, -0.1) is 0 Å². The first-order valence-corrected chi connectivity index (χ1v) is 11.0. The van der Waals surface area contributed by atoms with Gasteiger partial charge in [-0.2, -0.15) is 4.72 Å². The van der Waals surface area contributed by atoms with E-state index in [1.807, 2.05) is 31.2 Å². The van der Waals surface area contributed by atoms with Crippen LogP contribution in [0.2, 0.25) is 0 Å². The molecule has 4 rings (SSSR count). The number of carbonyl (C=O) groups is 1. The number of hydrogen-bond acceptors (Lipinski definition) is 6. The van der Waals surface area contributed by atoms with Crippen LogP contribution in [0.25, 0.3) is 22.1 Å². The Labute approximate surface area is 179 Å². The average Bonchev–Trinajstić information content (AvgIpc) is 2.76. The Morgan fingerprint density at radius 2 is 1.55 bits per heavy atom. The molecule has 1 atom stereocenters. The lowest BCUT2D eigenvalue weighted by molar-refractivity contribution is -0.118. The molecule has 0 aliphatic rings. The van der Waals surface area contributed by atoms with Crippen LogP contribution in [0, 0.1) is 6.92 Å². The summed E-state index contributed by atoms with van der Waals surface area (Å²) < 4.78 is 27.3. The number of hydrogen-bond donors (Lipinski definition) is 3. The lowest BCUT2D eigenvalue weighted by atomic mass is 10.2. The highest BCUT2D eigenvalue weighted by Crippen LogP contribution is 2.20. The molecule has 0 aliphatic heterocycles. The number of nitrogens with one attached hydrogen (secondary N) is 2. The molecule has 8 nitrogen and oxygen atoms in total. The van der Waals surface area contributed by atoms with Crippen LogP contribution in [0.15, 0.2) is 71.6 Å². The Balaban J connectivity index is 1.54. The van der Waals surface area contributed by atoms with Crippen molar-refractivity contribution in [2.75, 3.05) is 11.9 Å². The molecule has 1 heterocycles. The molecule has 3 aromatic carbocycles. The van der Waals surface area contributed by atoms with Crippen molar-refractivity contribution in [1.29, 1.82) is 0 Å². The van der Waals surface area contributed by atoms with E-state index < -0.39 is 28.6 Å². The predicted molar refractivity (Wildman–Crippen MR) is 118 cm³/mol. The molecule has 0 fully saturated rings. The van der Waals surface area contributed by atoms with E-state index in [-0.39, 0.29) is 4.90 Å². The summed E-state index contributed by atoms with van der Waals surface area (Å²) in [5.41, 5.74) is 4.04. The van der Waals surface area contributed by atoms with E-state index >= 15 is 0 Å². The zero-order valence-electron chi connectivity index (χ0n) is 16.6. The number of sulfonamides is 1. The Kier molecular flexibility index (Phi) is 5.64. The highest BCUT2D eigenvalue weighted by Gasteiger charge is 2.25. The van der Waals surface area contributed by atoms with Crippen LogP contribution in [-0.2, 0) is 14.8 Å². The number of aliphatic hydroxyl groups excluding tert-OH is 1. The number of amides is 1. The quantitative estimate of drug-likeness (QED) is 0.399. The van der Waals surface area contributed by atoms with Crippen molar-refractivity contribution in [2.45, 2.75) is 17.9 Å². The number of carbonyl (C=O) groups excluding carboxylic acids is 1. The molecule has 3 N–H and O–H groups in total. The van der Waals surface area contributed by atoms with Gasteiger partial charge in [0.25, 0.3) is 0 Å². The minimum absolute atomic E-state index is 0.0113. The molecule has 0 saturated carbocycles. The van der Waals surface area contributed by atoms with Crippen molar-refractivity contribution >= 4 is 43.7 Å². The molecular formula is C22H20N4O4S. The van der Waals surface area contributed by atoms with Gasteiger partial charge >= 0.3 is 0 Å². The zero-order chi connectivity index (χ0) is 22.0. The number of aromatic nitrogens is 2. The van der Waals surface area contributed by atoms with Crippen molar-refractivity contribution in [2.24, 2.45) is 0 Å². The molecule has 0 spiro atoms. The first-order chi connectivity index (χ1) is 14.9. The summed E-state index contributed by atoms with van der Waals surface area (Å²) in [6, 6.07) is 17.3. The fraction of sp³-hybridized carbons (Fsp3) is 0.136. The Morgan fingerprint density at radius 1 is 0.935 bits per heavy atom. The second-order valence-electron chi connectivity index (χ2n) is 7.07. The van der Waals surface area contributed by atoms with E-state index in [0.717, 1.165) is 16.6 Å². The molecular weight excluding hydrogens is 416 g/mol. The summed E-state index contributed by atoms with van der Waals surface area (Å²) in [6.07, 6.45) is 0. The Hall–Kier alpha value is -3.40. The Morgan fingerprint density at radius 3 is 2.19 bits per heavy atom. The number of anilines is 1. The minimum Gasteiger partial charge on any atom is -0.394 e. The summed E-state index contributed by atoms with van der Waals surface area (Å²) in [7, 11) is -3.98. The largest absolute Gasteiger partial charge is 0.394 e. The van der Waals surface area contributed by atoms with E-state index in [1.54, 1.807) is 30.3 Å². The molecule has 1 amide bonds. The normalized spacial score (nSPS) is 12.7. The third-order valence-corrected chi connectivity index (χ3v) is 6.22. The van der Waals surface area contributed by atoms with Gasteiger partial charge in [-0.1, -0.05) is 29.8 Å². The molecule has 1 aromatic heterocycles. The van der Waals surface area contributed by atoms with E-state index in [2.05, 4.69) is 20.0 Å². The topological polar surface area (TPSA) is 121 Å². The number of aryl methyl sites for hydroxylation is 1. The Bertz CT molecular complexity index is 1370. The average molecular weight is 436 g/mol. The van der Waals surface area contributed by atoms with Gasteiger partial charge in [0.2, 0.25) is 15.9 Å². The van der Waals surface area contributed by atoms with Crippen LogP contribution in [0.4, 0.5) is 5.69 Å². The van der Waals surface area contributed by atoms with Crippen molar-refractivity contribution in [3.8, 4) is 0 Å². The lowest BCUT2D eigenvalue weighted by Gasteiger charge is -2.16. The molecule has 1 unspecified atom stereocenters. The molecule has 9 heteroatoms. The molecule has 0 bridgehead atoms. The van der Waals surface area contributed by atoms with Crippen LogP contribution in [0.5, 0.6) is 0 Å². The maximum atomic E-state index is 12.6. The van der Waals surface area contributed by atoms with Gasteiger partial charge in [-0.25, -0.2) is 18.4 Å². The molecule has 0 radical (unpaired) electrons. The van der Waals surface area contributed by atoms with E-state index in [4.69, 9.17) is 0 Å². The fourth-order valence-electron chi connectivity index (χ4n) is 3.07. The summed E-state index contributed by atoms with van der Waals surface area (Å²) in [4.78, 5) is 21.7. The maximum Gasteiger partial charge on any atom is 0.244 e. The van der Waals surface area contributed by atoms with E-state index in [1.165, 1.54) is 12.1 Å².